The average molecular weight is 487 g/mol. The zero-order valence-electron chi connectivity index (χ0n) is 19.4. The minimum Gasteiger partial charge on any atom is -0.497 e. The highest BCUT2D eigenvalue weighted by atomic mass is 35.5. The molecule has 2 heterocycles. The van der Waals surface area contributed by atoms with Crippen molar-refractivity contribution in [1.82, 2.24) is 15.5 Å². The number of hydrogen-bond donors (Lipinski definition) is 1. The number of amides is 2. The van der Waals surface area contributed by atoms with Crippen molar-refractivity contribution in [1.29, 1.82) is 0 Å². The van der Waals surface area contributed by atoms with Crippen molar-refractivity contribution in [3.63, 3.8) is 0 Å². The molecule has 0 spiro atoms. The van der Waals surface area contributed by atoms with E-state index in [4.69, 9.17) is 25.8 Å². The van der Waals surface area contributed by atoms with E-state index in [0.717, 1.165) is 28.1 Å². The van der Waals surface area contributed by atoms with Gasteiger partial charge in [-0.15, -0.1) is 0 Å². The van der Waals surface area contributed by atoms with Gasteiger partial charge in [0.25, 0.3) is 5.89 Å². The second-order valence-corrected chi connectivity index (χ2v) is 8.69. The van der Waals surface area contributed by atoms with E-state index in [0.29, 0.717) is 28.0 Å². The highest BCUT2D eigenvalue weighted by Crippen LogP contribution is 2.39. The summed E-state index contributed by atoms with van der Waals surface area (Å²) in [5.74, 6) is 1.50. The summed E-state index contributed by atoms with van der Waals surface area (Å²) in [6, 6.07) is 21.8. The standard InChI is InChI=1S/C27H23ClN4O3/c1-16-4-12-21(13-5-16)32-17(2)23(24(29-27(32)33)18-6-10-20(28)11-7-18)26-30-25(31-35-26)19-8-14-22(34-3)15-9-19/h4-15,24H,1-3H3,(H,29,33). The fourth-order valence-electron chi connectivity index (χ4n) is 4.12. The smallest absolute Gasteiger partial charge is 0.326 e. The second-order valence-electron chi connectivity index (χ2n) is 8.26. The Bertz CT molecular complexity index is 1390. The highest BCUT2D eigenvalue weighted by Gasteiger charge is 2.36. The Labute approximate surface area is 208 Å². The molecule has 1 aromatic heterocycles. The van der Waals surface area contributed by atoms with Crippen LogP contribution >= 0.6 is 11.6 Å². The third kappa shape index (κ3) is 4.38. The third-order valence-corrected chi connectivity index (χ3v) is 6.24. The van der Waals surface area contributed by atoms with E-state index < -0.39 is 6.04 Å². The number of halogens is 1. The summed E-state index contributed by atoms with van der Waals surface area (Å²) in [6.07, 6.45) is 0. The number of urea groups is 1. The van der Waals surface area contributed by atoms with Crippen LogP contribution in [0, 0.1) is 6.92 Å². The minimum absolute atomic E-state index is 0.245. The Morgan fingerprint density at radius 3 is 2.31 bits per heavy atom. The Morgan fingerprint density at radius 1 is 0.971 bits per heavy atom. The molecule has 1 aliphatic rings. The second kappa shape index (κ2) is 9.27. The maximum Gasteiger partial charge on any atom is 0.326 e. The molecule has 0 bridgehead atoms. The van der Waals surface area contributed by atoms with Crippen molar-refractivity contribution >= 4 is 28.9 Å². The molecule has 1 N–H and O–H groups in total. The largest absolute Gasteiger partial charge is 0.497 e. The average Bonchev–Trinajstić information content (AvgIpc) is 3.35. The molecule has 0 aliphatic carbocycles. The molecule has 8 heteroatoms. The van der Waals surface area contributed by atoms with Gasteiger partial charge in [-0.05, 0) is 67.9 Å². The number of methoxy groups -OCH3 is 1. The van der Waals surface area contributed by atoms with Crippen molar-refractivity contribution in [2.45, 2.75) is 19.9 Å². The van der Waals surface area contributed by atoms with Crippen LogP contribution in [0.15, 0.2) is 83.0 Å². The van der Waals surface area contributed by atoms with Crippen LogP contribution in [0.2, 0.25) is 5.02 Å². The van der Waals surface area contributed by atoms with E-state index in [2.05, 4.69) is 10.5 Å². The molecule has 0 radical (unpaired) electrons. The SMILES string of the molecule is COc1ccc(-c2noc(C3=C(C)N(c4ccc(C)cc4)C(=O)NC3c3ccc(Cl)cc3)n2)cc1. The fourth-order valence-corrected chi connectivity index (χ4v) is 4.25. The van der Waals surface area contributed by atoms with Crippen LogP contribution in [0.5, 0.6) is 5.75 Å². The van der Waals surface area contributed by atoms with E-state index in [1.807, 2.05) is 74.5 Å². The van der Waals surface area contributed by atoms with E-state index in [9.17, 15) is 4.79 Å². The molecular formula is C27H23ClN4O3. The number of hydrogen-bond acceptors (Lipinski definition) is 5. The van der Waals surface area contributed by atoms with Gasteiger partial charge < -0.3 is 14.6 Å². The molecule has 1 unspecified atom stereocenters. The molecule has 5 rings (SSSR count). The number of aryl methyl sites for hydroxylation is 1. The van der Waals surface area contributed by atoms with Crippen LogP contribution in [-0.4, -0.2) is 23.3 Å². The summed E-state index contributed by atoms with van der Waals surface area (Å²) < 4.78 is 11.0. The molecule has 1 atom stereocenters. The number of anilines is 1. The number of ether oxygens (including phenoxy) is 1. The molecule has 35 heavy (non-hydrogen) atoms. The van der Waals surface area contributed by atoms with Crippen LogP contribution in [-0.2, 0) is 0 Å². The molecular weight excluding hydrogens is 464 g/mol. The van der Waals surface area contributed by atoms with Gasteiger partial charge in [-0.25, -0.2) is 4.79 Å². The lowest BCUT2D eigenvalue weighted by Crippen LogP contribution is -2.46. The zero-order chi connectivity index (χ0) is 24.5. The van der Waals surface area contributed by atoms with Crippen LogP contribution in [0.3, 0.4) is 0 Å². The zero-order valence-corrected chi connectivity index (χ0v) is 20.2. The first-order valence-corrected chi connectivity index (χ1v) is 11.4. The molecule has 3 aromatic carbocycles. The lowest BCUT2D eigenvalue weighted by atomic mass is 9.94. The Morgan fingerprint density at radius 2 is 1.66 bits per heavy atom. The number of nitrogens with zero attached hydrogens (tertiary/aromatic N) is 3. The lowest BCUT2D eigenvalue weighted by molar-refractivity contribution is 0.244. The maximum atomic E-state index is 13.3. The number of rotatable bonds is 5. The van der Waals surface area contributed by atoms with Gasteiger partial charge in [-0.1, -0.05) is 46.6 Å². The van der Waals surface area contributed by atoms with Crippen molar-refractivity contribution in [3.8, 4) is 17.1 Å². The summed E-state index contributed by atoms with van der Waals surface area (Å²) in [6.45, 7) is 3.89. The number of carbonyl (C=O) groups is 1. The highest BCUT2D eigenvalue weighted by molar-refractivity contribution is 6.30. The molecule has 2 amide bonds. The first-order valence-electron chi connectivity index (χ1n) is 11.1. The molecule has 0 fully saturated rings. The van der Waals surface area contributed by atoms with Gasteiger partial charge in [0.15, 0.2) is 0 Å². The van der Waals surface area contributed by atoms with Gasteiger partial charge in [0.2, 0.25) is 5.82 Å². The summed E-state index contributed by atoms with van der Waals surface area (Å²) >= 11 is 6.11. The van der Waals surface area contributed by atoms with Crippen molar-refractivity contribution in [2.75, 3.05) is 12.0 Å². The third-order valence-electron chi connectivity index (χ3n) is 5.98. The van der Waals surface area contributed by atoms with E-state index >= 15 is 0 Å². The Balaban J connectivity index is 1.62. The summed E-state index contributed by atoms with van der Waals surface area (Å²) in [7, 11) is 1.62. The van der Waals surface area contributed by atoms with Gasteiger partial charge in [0, 0.05) is 16.3 Å². The Hall–Kier alpha value is -4.10. The van der Waals surface area contributed by atoms with Gasteiger partial charge in [0.05, 0.1) is 24.4 Å². The molecule has 0 saturated carbocycles. The van der Waals surface area contributed by atoms with Gasteiger partial charge in [-0.3, -0.25) is 4.90 Å². The van der Waals surface area contributed by atoms with Gasteiger partial charge in [0.1, 0.15) is 5.75 Å². The predicted octanol–water partition coefficient (Wildman–Crippen LogP) is 6.41. The number of allylic oxidation sites excluding steroid dienone is 1. The van der Waals surface area contributed by atoms with E-state index in [1.165, 1.54) is 0 Å². The van der Waals surface area contributed by atoms with Crippen molar-refractivity contribution in [3.05, 3.63) is 101 Å². The molecule has 0 saturated heterocycles. The first-order chi connectivity index (χ1) is 16.9. The molecule has 1 aliphatic heterocycles. The van der Waals surface area contributed by atoms with Crippen LogP contribution in [0.25, 0.3) is 17.0 Å². The van der Waals surface area contributed by atoms with Crippen molar-refractivity contribution < 1.29 is 14.1 Å². The summed E-state index contributed by atoms with van der Waals surface area (Å²) in [4.78, 5) is 19.6. The van der Waals surface area contributed by atoms with Crippen molar-refractivity contribution in [2.24, 2.45) is 0 Å². The molecule has 176 valence electrons. The number of benzene rings is 3. The summed E-state index contributed by atoms with van der Waals surface area (Å²) in [5.41, 5.74) is 4.89. The maximum absolute atomic E-state index is 13.3. The van der Waals surface area contributed by atoms with Crippen LogP contribution < -0.4 is 15.0 Å². The number of nitrogens with one attached hydrogen (secondary N) is 1. The van der Waals surface area contributed by atoms with Gasteiger partial charge in [-0.2, -0.15) is 4.98 Å². The summed E-state index contributed by atoms with van der Waals surface area (Å²) in [5, 5.41) is 7.92. The topological polar surface area (TPSA) is 80.5 Å². The number of carbonyl (C=O) groups excluding carboxylic acids is 1. The van der Waals surface area contributed by atoms with Gasteiger partial charge >= 0.3 is 6.03 Å². The van der Waals surface area contributed by atoms with E-state index in [1.54, 1.807) is 24.1 Å². The monoisotopic (exact) mass is 486 g/mol. The normalized spacial score (nSPS) is 15.8. The number of aromatic nitrogens is 2. The first kappa shape index (κ1) is 22.7. The minimum atomic E-state index is -0.495. The fraction of sp³-hybridized carbons (Fsp3) is 0.148. The molecule has 4 aromatic rings. The lowest BCUT2D eigenvalue weighted by Gasteiger charge is -2.35. The Kier molecular flexibility index (Phi) is 6.01. The van der Waals surface area contributed by atoms with Crippen LogP contribution in [0.4, 0.5) is 10.5 Å². The predicted molar refractivity (Wildman–Crippen MR) is 135 cm³/mol. The quantitative estimate of drug-likeness (QED) is 0.352. The van der Waals surface area contributed by atoms with Crippen LogP contribution in [0.1, 0.15) is 30.0 Å². The van der Waals surface area contributed by atoms with E-state index in [-0.39, 0.29) is 6.03 Å². The molecule has 7 nitrogen and oxygen atoms in total.